The average Bonchev–Trinajstić information content (AvgIpc) is 4.05. The van der Waals surface area contributed by atoms with Crippen LogP contribution < -0.4 is 10.4 Å². The van der Waals surface area contributed by atoms with Crippen LogP contribution in [0.5, 0.6) is 0 Å². The number of hydrogen-bond donors (Lipinski definition) is 0. The molecule has 0 bridgehead atoms. The van der Waals surface area contributed by atoms with Gasteiger partial charge in [0.05, 0.1) is 9.52 Å². The quantitative estimate of drug-likeness (QED) is 0.115. The van der Waals surface area contributed by atoms with Gasteiger partial charge in [0, 0.05) is 0 Å². The molecule has 10 aromatic rings. The standard InChI is InChI=1S/2C24H21.C12H7Si.2ClH.Zr/c2*1-3-18-13-14-20-15-17(2)16-23(20)24(18)22-12-8-7-11-21(22)19-9-5-4-6-10-19;1-3-7-11-9(5-1)10-6-2-4-8-12(10)13-11;;;/h2*4-16H,3H2,1-2H3;1-7H;2*1H;/q3*-1;;;+2/p-2. The van der Waals surface area contributed by atoms with E-state index in [1.807, 2.05) is 6.07 Å². The van der Waals surface area contributed by atoms with Gasteiger partial charge in [-0.05, 0) is 46.2 Å². The SMILES string of the molecule is CCc1ccc2[cH-]c(C)cc2c1-c1ccccc1-c1ccccc1.CCc1ccc2[cH-]c(C)cc2c1-c1ccccc1-c1ccccc1.[Cl][Zr][Cl].[c-]1cccc2c1[Si]c1ccccc1-2. The number of rotatable bonds is 6. The van der Waals surface area contributed by atoms with E-state index in [9.17, 15) is 0 Å². The number of hydrogen-bond acceptors (Lipinski definition) is 0. The molecule has 1 aliphatic rings. The summed E-state index contributed by atoms with van der Waals surface area (Å²) in [5.74, 6) is 0. The maximum atomic E-state index is 4.93. The first kappa shape index (κ1) is 45.2. The zero-order chi connectivity index (χ0) is 44.4. The van der Waals surface area contributed by atoms with Crippen LogP contribution in [0.4, 0.5) is 0 Å². The average molecular weight is 960 g/mol. The second-order valence-corrected chi connectivity index (χ2v) is 21.0. The molecule has 4 heteroatoms. The van der Waals surface area contributed by atoms with Gasteiger partial charge in [-0.1, -0.05) is 194 Å². The molecular formula is C60H49Cl2SiZr-3. The van der Waals surface area contributed by atoms with Crippen molar-refractivity contribution in [2.45, 2.75) is 40.5 Å². The van der Waals surface area contributed by atoms with Crippen LogP contribution in [0.1, 0.15) is 36.1 Å². The van der Waals surface area contributed by atoms with Crippen LogP contribution in [-0.2, 0) is 33.7 Å². The molecule has 0 aromatic heterocycles. The van der Waals surface area contributed by atoms with Crippen LogP contribution in [0.2, 0.25) is 0 Å². The number of fused-ring (bicyclic) bond motifs is 5. The molecule has 0 spiro atoms. The molecule has 0 unspecified atom stereocenters. The third kappa shape index (κ3) is 9.97. The summed E-state index contributed by atoms with van der Waals surface area (Å²) in [6, 6.07) is 75.4. The van der Waals surface area contributed by atoms with Crippen molar-refractivity contribution < 1.29 is 20.8 Å². The Labute approximate surface area is 400 Å². The fraction of sp³-hybridized carbons (Fsp3) is 0.100. The molecule has 2 radical (unpaired) electrons. The van der Waals surface area contributed by atoms with Gasteiger partial charge in [0.2, 0.25) is 0 Å². The maximum Gasteiger partial charge on any atom is 0.0920 e. The Hall–Kier alpha value is -5.34. The van der Waals surface area contributed by atoms with Crippen molar-refractivity contribution in [1.29, 1.82) is 0 Å². The van der Waals surface area contributed by atoms with Crippen LogP contribution in [0.3, 0.4) is 0 Å². The van der Waals surface area contributed by atoms with E-state index in [0.717, 1.165) is 22.4 Å². The topological polar surface area (TPSA) is 0 Å². The van der Waals surface area contributed by atoms with E-state index in [4.69, 9.17) is 17.0 Å². The van der Waals surface area contributed by atoms with Crippen molar-refractivity contribution >= 4 is 58.5 Å². The first-order chi connectivity index (χ1) is 31.4. The smallest absolute Gasteiger partial charge is 0.0920 e. The van der Waals surface area contributed by atoms with Gasteiger partial charge in [-0.2, -0.15) is 41.6 Å². The molecular weight excluding hydrogens is 911 g/mol. The van der Waals surface area contributed by atoms with Crippen LogP contribution in [0.25, 0.3) is 77.2 Å². The number of benzene rings is 8. The fourth-order valence-electron chi connectivity index (χ4n) is 9.05. The normalized spacial score (nSPS) is 11.0. The summed E-state index contributed by atoms with van der Waals surface area (Å²) in [4.78, 5) is 0. The molecule has 64 heavy (non-hydrogen) atoms. The van der Waals surface area contributed by atoms with Crippen molar-refractivity contribution in [3.05, 3.63) is 229 Å². The molecule has 0 fully saturated rings. The van der Waals surface area contributed by atoms with E-state index >= 15 is 0 Å². The Balaban J connectivity index is 0.000000132. The third-order valence-corrected chi connectivity index (χ3v) is 13.3. The summed E-state index contributed by atoms with van der Waals surface area (Å²) < 4.78 is 0. The van der Waals surface area contributed by atoms with Crippen molar-refractivity contribution in [1.82, 2.24) is 0 Å². The van der Waals surface area contributed by atoms with E-state index in [-0.39, 0.29) is 0 Å². The molecule has 0 atom stereocenters. The summed E-state index contributed by atoms with van der Waals surface area (Å²) in [6.45, 7) is 8.84. The molecule has 0 amide bonds. The molecule has 314 valence electrons. The summed E-state index contributed by atoms with van der Waals surface area (Å²) in [7, 11) is 10.7. The first-order valence-corrected chi connectivity index (χ1v) is 29.3. The van der Waals surface area contributed by atoms with Gasteiger partial charge in [0.25, 0.3) is 0 Å². The second-order valence-electron chi connectivity index (χ2n) is 16.0. The Morgan fingerprint density at radius 1 is 0.469 bits per heavy atom. The van der Waals surface area contributed by atoms with Gasteiger partial charge in [0.1, 0.15) is 0 Å². The summed E-state index contributed by atoms with van der Waals surface area (Å²) in [5, 5.41) is 8.24. The zero-order valence-corrected chi connectivity index (χ0v) is 41.7. The minimum Gasteiger partial charge on any atom is -0.184 e. The third-order valence-electron chi connectivity index (χ3n) is 11.9. The molecule has 0 saturated carbocycles. The van der Waals surface area contributed by atoms with Crippen molar-refractivity contribution in [3.8, 4) is 55.6 Å². The predicted octanol–water partition coefficient (Wildman–Crippen LogP) is 16.0. The van der Waals surface area contributed by atoms with Crippen molar-refractivity contribution in [2.24, 2.45) is 0 Å². The van der Waals surface area contributed by atoms with E-state index in [1.54, 1.807) is 0 Å². The van der Waals surface area contributed by atoms with Gasteiger partial charge in [-0.3, -0.25) is 0 Å². The molecule has 0 nitrogen and oxygen atoms in total. The Morgan fingerprint density at radius 2 is 0.875 bits per heavy atom. The van der Waals surface area contributed by atoms with Crippen molar-refractivity contribution in [3.63, 3.8) is 0 Å². The summed E-state index contributed by atoms with van der Waals surface area (Å²) in [5.41, 5.74) is 18.9. The summed E-state index contributed by atoms with van der Waals surface area (Å²) in [6.07, 6.45) is 2.08. The minimum atomic E-state index is -0.826. The van der Waals surface area contributed by atoms with Gasteiger partial charge in [-0.15, -0.1) is 74.6 Å². The van der Waals surface area contributed by atoms with Crippen LogP contribution in [0.15, 0.2) is 200 Å². The van der Waals surface area contributed by atoms with E-state index < -0.39 is 20.8 Å². The van der Waals surface area contributed by atoms with E-state index in [1.165, 1.54) is 110 Å². The Kier molecular flexibility index (Phi) is 15.2. The Bertz CT molecular complexity index is 2910. The Morgan fingerprint density at radius 3 is 1.34 bits per heavy atom. The molecule has 1 aliphatic heterocycles. The van der Waals surface area contributed by atoms with Crippen molar-refractivity contribution in [2.75, 3.05) is 0 Å². The molecule has 0 N–H and O–H groups in total. The second kappa shape index (κ2) is 21.6. The molecule has 0 saturated heterocycles. The fourth-order valence-corrected chi connectivity index (χ4v) is 10.4. The first-order valence-electron chi connectivity index (χ1n) is 21.9. The maximum absolute atomic E-state index is 4.93. The molecule has 10 aromatic carbocycles. The van der Waals surface area contributed by atoms with Crippen LogP contribution >= 0.6 is 17.0 Å². The van der Waals surface area contributed by atoms with E-state index in [0.29, 0.717) is 0 Å². The molecule has 1 heterocycles. The number of aryl methyl sites for hydroxylation is 4. The monoisotopic (exact) mass is 957 g/mol. The van der Waals surface area contributed by atoms with Gasteiger partial charge < -0.3 is 0 Å². The predicted molar refractivity (Wildman–Crippen MR) is 276 cm³/mol. The largest absolute Gasteiger partial charge is 0.184 e. The van der Waals surface area contributed by atoms with Gasteiger partial charge in [0.15, 0.2) is 0 Å². The number of halogens is 2. The van der Waals surface area contributed by atoms with Gasteiger partial charge in [-0.25, -0.2) is 0 Å². The van der Waals surface area contributed by atoms with Crippen LogP contribution in [0, 0.1) is 19.9 Å². The summed E-state index contributed by atoms with van der Waals surface area (Å²) >= 11 is -0.826. The minimum absolute atomic E-state index is 0.795. The van der Waals surface area contributed by atoms with Crippen LogP contribution in [-0.4, -0.2) is 9.52 Å². The zero-order valence-electron chi connectivity index (χ0n) is 36.7. The molecule has 11 rings (SSSR count). The van der Waals surface area contributed by atoms with Gasteiger partial charge >= 0.3 is 37.9 Å². The molecule has 0 aliphatic carbocycles. The van der Waals surface area contributed by atoms with E-state index in [2.05, 4.69) is 228 Å².